The van der Waals surface area contributed by atoms with Gasteiger partial charge in [0, 0.05) is 24.2 Å². The standard InChI is InChI=1S/C16H23NO3S/c1-16(2,3)21(19,20)11-9-15(18)13-6-4-8-14-12(13)7-5-10-17-14/h4,6,8,17H,5,7,9-11H2,1-3H3. The monoisotopic (exact) mass is 309 g/mol. The molecule has 0 amide bonds. The molecular weight excluding hydrogens is 286 g/mol. The zero-order valence-electron chi connectivity index (χ0n) is 12.9. The third-order valence-corrected chi connectivity index (χ3v) is 6.53. The number of carbonyl (C=O) groups excluding carboxylic acids is 1. The summed E-state index contributed by atoms with van der Waals surface area (Å²) in [7, 11) is -3.26. The van der Waals surface area contributed by atoms with E-state index >= 15 is 0 Å². The van der Waals surface area contributed by atoms with Crippen LogP contribution in [0.25, 0.3) is 0 Å². The second kappa shape index (κ2) is 5.79. The van der Waals surface area contributed by atoms with Crippen molar-refractivity contribution in [2.45, 2.75) is 44.8 Å². The van der Waals surface area contributed by atoms with Gasteiger partial charge in [0.1, 0.15) is 0 Å². The van der Waals surface area contributed by atoms with Crippen LogP contribution in [0.5, 0.6) is 0 Å². The summed E-state index contributed by atoms with van der Waals surface area (Å²) in [6.45, 7) is 5.92. The number of Topliss-reactive ketones (excluding diaryl/α,β-unsaturated/α-hetero) is 1. The summed E-state index contributed by atoms with van der Waals surface area (Å²) in [6, 6.07) is 5.62. The van der Waals surface area contributed by atoms with Crippen LogP contribution >= 0.6 is 0 Å². The Labute approximate surface area is 126 Å². The van der Waals surface area contributed by atoms with Crippen LogP contribution in [0.1, 0.15) is 49.5 Å². The van der Waals surface area contributed by atoms with E-state index in [1.165, 1.54) is 0 Å². The maximum atomic E-state index is 12.4. The van der Waals surface area contributed by atoms with E-state index in [-0.39, 0.29) is 18.0 Å². The summed E-state index contributed by atoms with van der Waals surface area (Å²) in [5, 5.41) is 3.28. The predicted molar refractivity (Wildman–Crippen MR) is 85.7 cm³/mol. The zero-order chi connectivity index (χ0) is 15.7. The van der Waals surface area contributed by atoms with Crippen LogP contribution < -0.4 is 5.32 Å². The van der Waals surface area contributed by atoms with Gasteiger partial charge in [-0.05, 0) is 45.2 Å². The second-order valence-electron chi connectivity index (χ2n) is 6.47. The van der Waals surface area contributed by atoms with Gasteiger partial charge >= 0.3 is 0 Å². The fourth-order valence-corrected chi connectivity index (χ4v) is 3.51. The Morgan fingerprint density at radius 2 is 2.00 bits per heavy atom. The first-order chi connectivity index (χ1) is 9.72. The van der Waals surface area contributed by atoms with Gasteiger partial charge in [-0.1, -0.05) is 12.1 Å². The molecule has 0 saturated heterocycles. The molecule has 1 aromatic carbocycles. The topological polar surface area (TPSA) is 63.2 Å². The van der Waals surface area contributed by atoms with E-state index in [0.717, 1.165) is 30.6 Å². The molecule has 0 spiro atoms. The molecule has 0 aromatic heterocycles. The van der Waals surface area contributed by atoms with Gasteiger partial charge in [-0.15, -0.1) is 0 Å². The molecule has 1 N–H and O–H groups in total. The van der Waals surface area contributed by atoms with Crippen molar-refractivity contribution < 1.29 is 13.2 Å². The molecule has 0 bridgehead atoms. The summed E-state index contributed by atoms with van der Waals surface area (Å²) in [6.07, 6.45) is 1.92. The molecule has 0 atom stereocenters. The Balaban J connectivity index is 2.16. The Kier molecular flexibility index (Phi) is 4.42. The Morgan fingerprint density at radius 3 is 2.67 bits per heavy atom. The van der Waals surface area contributed by atoms with Gasteiger partial charge in [-0.2, -0.15) is 0 Å². The van der Waals surface area contributed by atoms with Gasteiger partial charge in [0.05, 0.1) is 10.5 Å². The second-order valence-corrected chi connectivity index (χ2v) is 9.33. The zero-order valence-corrected chi connectivity index (χ0v) is 13.7. The minimum atomic E-state index is -3.26. The number of benzene rings is 1. The average molecular weight is 309 g/mol. The molecule has 1 aliphatic heterocycles. The number of anilines is 1. The average Bonchev–Trinajstić information content (AvgIpc) is 2.43. The summed E-state index contributed by atoms with van der Waals surface area (Å²) < 4.78 is 23.4. The normalized spacial score (nSPS) is 15.2. The van der Waals surface area contributed by atoms with Crippen molar-refractivity contribution in [1.82, 2.24) is 0 Å². The number of rotatable bonds is 4. The molecule has 1 heterocycles. The van der Waals surface area contributed by atoms with Crippen molar-refractivity contribution >= 4 is 21.3 Å². The Bertz CT molecular complexity index is 642. The summed E-state index contributed by atoms with van der Waals surface area (Å²) in [5.74, 6) is -0.171. The van der Waals surface area contributed by atoms with Crippen molar-refractivity contribution in [3.63, 3.8) is 0 Å². The fourth-order valence-electron chi connectivity index (χ4n) is 2.44. The SMILES string of the molecule is CC(C)(C)S(=O)(=O)CCC(=O)c1cccc2c1CCCN2. The highest BCUT2D eigenvalue weighted by molar-refractivity contribution is 7.92. The van der Waals surface area contributed by atoms with Gasteiger partial charge in [0.15, 0.2) is 15.6 Å². The molecule has 1 aliphatic rings. The van der Waals surface area contributed by atoms with Crippen molar-refractivity contribution in [3.05, 3.63) is 29.3 Å². The van der Waals surface area contributed by atoms with Crippen LogP contribution in [0.2, 0.25) is 0 Å². The molecule has 0 unspecified atom stereocenters. The quantitative estimate of drug-likeness (QED) is 0.869. The van der Waals surface area contributed by atoms with Gasteiger partial charge < -0.3 is 5.32 Å². The molecule has 116 valence electrons. The molecule has 0 fully saturated rings. The van der Waals surface area contributed by atoms with Crippen LogP contribution in [-0.4, -0.2) is 31.2 Å². The van der Waals surface area contributed by atoms with Gasteiger partial charge in [-0.3, -0.25) is 4.79 Å². The maximum absolute atomic E-state index is 12.4. The summed E-state index contributed by atoms with van der Waals surface area (Å²) in [4.78, 5) is 12.4. The highest BCUT2D eigenvalue weighted by Crippen LogP contribution is 2.26. The number of ketones is 1. The van der Waals surface area contributed by atoms with Crippen molar-refractivity contribution in [3.8, 4) is 0 Å². The fraction of sp³-hybridized carbons (Fsp3) is 0.562. The Morgan fingerprint density at radius 1 is 1.29 bits per heavy atom. The van der Waals surface area contributed by atoms with E-state index in [4.69, 9.17) is 0 Å². The van der Waals surface area contributed by atoms with E-state index in [1.54, 1.807) is 26.8 Å². The van der Waals surface area contributed by atoms with Crippen LogP contribution in [-0.2, 0) is 16.3 Å². The lowest BCUT2D eigenvalue weighted by atomic mass is 9.94. The molecule has 4 nitrogen and oxygen atoms in total. The molecule has 2 rings (SSSR count). The smallest absolute Gasteiger partial charge is 0.164 e. The van der Waals surface area contributed by atoms with Gasteiger partial charge in [-0.25, -0.2) is 8.42 Å². The number of sulfone groups is 1. The van der Waals surface area contributed by atoms with E-state index in [9.17, 15) is 13.2 Å². The number of hydrogen-bond donors (Lipinski definition) is 1. The highest BCUT2D eigenvalue weighted by Gasteiger charge is 2.29. The minimum absolute atomic E-state index is 0.0516. The van der Waals surface area contributed by atoms with E-state index in [2.05, 4.69) is 5.32 Å². The number of carbonyl (C=O) groups is 1. The minimum Gasteiger partial charge on any atom is -0.385 e. The number of fused-ring (bicyclic) bond motifs is 1. The highest BCUT2D eigenvalue weighted by atomic mass is 32.2. The third-order valence-electron chi connectivity index (χ3n) is 3.93. The molecule has 5 heteroatoms. The third kappa shape index (κ3) is 3.46. The van der Waals surface area contributed by atoms with Gasteiger partial charge in [0.25, 0.3) is 0 Å². The molecule has 21 heavy (non-hydrogen) atoms. The maximum Gasteiger partial charge on any atom is 0.164 e. The number of nitrogens with one attached hydrogen (secondary N) is 1. The summed E-state index contributed by atoms with van der Waals surface area (Å²) in [5.41, 5.74) is 2.71. The van der Waals surface area contributed by atoms with E-state index in [0.29, 0.717) is 5.56 Å². The molecular formula is C16H23NO3S. The summed E-state index contributed by atoms with van der Waals surface area (Å²) >= 11 is 0. The first-order valence-electron chi connectivity index (χ1n) is 7.33. The lowest BCUT2D eigenvalue weighted by Crippen LogP contribution is -2.31. The van der Waals surface area contributed by atoms with Crippen molar-refractivity contribution in [2.24, 2.45) is 0 Å². The molecule has 1 aromatic rings. The lowest BCUT2D eigenvalue weighted by molar-refractivity contribution is 0.0987. The van der Waals surface area contributed by atoms with Crippen molar-refractivity contribution in [2.75, 3.05) is 17.6 Å². The van der Waals surface area contributed by atoms with Crippen molar-refractivity contribution in [1.29, 1.82) is 0 Å². The van der Waals surface area contributed by atoms with E-state index < -0.39 is 14.6 Å². The predicted octanol–water partition coefficient (Wildman–Crippen LogP) is 2.83. The first kappa shape index (κ1) is 16.0. The van der Waals surface area contributed by atoms with E-state index in [1.807, 2.05) is 12.1 Å². The lowest BCUT2D eigenvalue weighted by Gasteiger charge is -2.21. The Hall–Kier alpha value is -1.36. The van der Waals surface area contributed by atoms with Crippen LogP contribution in [0.15, 0.2) is 18.2 Å². The molecule has 0 aliphatic carbocycles. The van der Waals surface area contributed by atoms with Crippen LogP contribution in [0, 0.1) is 0 Å². The largest absolute Gasteiger partial charge is 0.385 e. The van der Waals surface area contributed by atoms with Gasteiger partial charge in [0.2, 0.25) is 0 Å². The van der Waals surface area contributed by atoms with Crippen LogP contribution in [0.3, 0.4) is 0 Å². The molecule has 0 radical (unpaired) electrons. The first-order valence-corrected chi connectivity index (χ1v) is 8.99. The van der Waals surface area contributed by atoms with Crippen LogP contribution in [0.4, 0.5) is 5.69 Å². The number of hydrogen-bond acceptors (Lipinski definition) is 4. The molecule has 0 saturated carbocycles.